The Hall–Kier alpha value is -3.12. The molecule has 6 heteroatoms. The third-order valence-corrected chi connectivity index (χ3v) is 5.47. The lowest BCUT2D eigenvalue weighted by Gasteiger charge is -2.25. The number of aliphatic imine (C=N–C) groups is 1. The number of rotatable bonds is 7. The Morgan fingerprint density at radius 1 is 1.10 bits per heavy atom. The molecule has 2 heterocycles. The standard InChI is InChI=1S/C24H29N5O/c1-25-24(26-15-21-18-30-23(28-21)20-11-6-3-7-12-20)27-16-22-13-8-14-29(22)17-19-9-4-2-5-10-19/h2-7,9-12,18,22H,8,13-17H2,1H3,(H2,25,26,27). The summed E-state index contributed by atoms with van der Waals surface area (Å²) in [6, 6.07) is 21.1. The Morgan fingerprint density at radius 3 is 2.63 bits per heavy atom. The normalized spacial score (nSPS) is 17.2. The van der Waals surface area contributed by atoms with Crippen molar-refractivity contribution < 1.29 is 4.42 Å². The lowest BCUT2D eigenvalue weighted by Crippen LogP contribution is -2.44. The van der Waals surface area contributed by atoms with Gasteiger partial charge in [-0.1, -0.05) is 48.5 Å². The van der Waals surface area contributed by atoms with Gasteiger partial charge in [0.25, 0.3) is 0 Å². The van der Waals surface area contributed by atoms with E-state index in [0.717, 1.165) is 36.9 Å². The third kappa shape index (κ3) is 5.27. The number of guanidine groups is 1. The average Bonchev–Trinajstić information content (AvgIpc) is 3.45. The first-order valence-electron chi connectivity index (χ1n) is 10.5. The minimum absolute atomic E-state index is 0.514. The molecule has 2 N–H and O–H groups in total. The molecule has 1 unspecified atom stereocenters. The van der Waals surface area contributed by atoms with E-state index in [1.807, 2.05) is 30.3 Å². The highest BCUT2D eigenvalue weighted by Crippen LogP contribution is 2.20. The number of nitrogens with zero attached hydrogens (tertiary/aromatic N) is 3. The van der Waals surface area contributed by atoms with Gasteiger partial charge in [-0.15, -0.1) is 0 Å². The van der Waals surface area contributed by atoms with E-state index in [0.29, 0.717) is 18.5 Å². The van der Waals surface area contributed by atoms with E-state index in [-0.39, 0.29) is 0 Å². The first kappa shape index (κ1) is 20.2. The molecule has 4 rings (SSSR count). The van der Waals surface area contributed by atoms with Crippen LogP contribution in [-0.2, 0) is 13.1 Å². The highest BCUT2D eigenvalue weighted by atomic mass is 16.3. The van der Waals surface area contributed by atoms with Gasteiger partial charge < -0.3 is 15.1 Å². The molecule has 0 aliphatic carbocycles. The summed E-state index contributed by atoms with van der Waals surface area (Å²) in [5, 5.41) is 6.81. The van der Waals surface area contributed by atoms with Crippen LogP contribution < -0.4 is 10.6 Å². The number of likely N-dealkylation sites (tertiary alicyclic amines) is 1. The van der Waals surface area contributed by atoms with Gasteiger partial charge in [-0.25, -0.2) is 4.98 Å². The van der Waals surface area contributed by atoms with E-state index in [4.69, 9.17) is 4.42 Å². The summed E-state index contributed by atoms with van der Waals surface area (Å²) in [6.07, 6.45) is 4.15. The van der Waals surface area contributed by atoms with Crippen molar-refractivity contribution in [2.75, 3.05) is 20.1 Å². The first-order valence-corrected chi connectivity index (χ1v) is 10.5. The fraction of sp³-hybridized carbons (Fsp3) is 0.333. The molecule has 1 aliphatic heterocycles. The molecule has 0 spiro atoms. The first-order chi connectivity index (χ1) is 14.8. The van der Waals surface area contributed by atoms with Crippen LogP contribution in [0.15, 0.2) is 76.3 Å². The summed E-state index contributed by atoms with van der Waals surface area (Å²) < 4.78 is 5.61. The molecular formula is C24H29N5O. The van der Waals surface area contributed by atoms with Gasteiger partial charge in [0, 0.05) is 31.7 Å². The van der Waals surface area contributed by atoms with Crippen LogP contribution in [0.2, 0.25) is 0 Å². The maximum absolute atomic E-state index is 5.61. The lowest BCUT2D eigenvalue weighted by molar-refractivity contribution is 0.245. The monoisotopic (exact) mass is 403 g/mol. The molecule has 30 heavy (non-hydrogen) atoms. The average molecular weight is 404 g/mol. The summed E-state index contributed by atoms with van der Waals surface area (Å²) in [5.41, 5.74) is 3.20. The molecule has 1 aromatic heterocycles. The van der Waals surface area contributed by atoms with Crippen molar-refractivity contribution in [1.82, 2.24) is 20.5 Å². The fourth-order valence-corrected chi connectivity index (χ4v) is 3.86. The Labute approximate surface area is 178 Å². The Kier molecular flexibility index (Phi) is 6.77. The molecule has 0 saturated carbocycles. The molecule has 1 saturated heterocycles. The van der Waals surface area contributed by atoms with Crippen LogP contribution in [0, 0.1) is 0 Å². The zero-order valence-corrected chi connectivity index (χ0v) is 17.4. The molecule has 3 aromatic rings. The minimum atomic E-state index is 0.514. The van der Waals surface area contributed by atoms with Crippen molar-refractivity contribution in [2.24, 2.45) is 4.99 Å². The molecule has 0 radical (unpaired) electrons. The van der Waals surface area contributed by atoms with Crippen molar-refractivity contribution in [1.29, 1.82) is 0 Å². The second-order valence-electron chi connectivity index (χ2n) is 7.57. The van der Waals surface area contributed by atoms with Crippen molar-refractivity contribution in [2.45, 2.75) is 32.0 Å². The molecule has 156 valence electrons. The topological polar surface area (TPSA) is 65.7 Å². The molecule has 1 atom stereocenters. The van der Waals surface area contributed by atoms with E-state index in [2.05, 4.69) is 55.8 Å². The van der Waals surface area contributed by atoms with Crippen LogP contribution in [0.25, 0.3) is 11.5 Å². The fourth-order valence-electron chi connectivity index (χ4n) is 3.86. The van der Waals surface area contributed by atoms with Gasteiger partial charge in [-0.05, 0) is 37.1 Å². The summed E-state index contributed by atoms with van der Waals surface area (Å²) in [4.78, 5) is 11.5. The van der Waals surface area contributed by atoms with Gasteiger partial charge in [-0.3, -0.25) is 9.89 Å². The molecule has 0 bridgehead atoms. The second kappa shape index (κ2) is 10.1. The highest BCUT2D eigenvalue weighted by molar-refractivity contribution is 5.79. The van der Waals surface area contributed by atoms with Crippen LogP contribution >= 0.6 is 0 Å². The van der Waals surface area contributed by atoms with Crippen LogP contribution in [0.3, 0.4) is 0 Å². The number of hydrogen-bond donors (Lipinski definition) is 2. The number of oxazole rings is 1. The maximum atomic E-state index is 5.61. The maximum Gasteiger partial charge on any atom is 0.226 e. The number of hydrogen-bond acceptors (Lipinski definition) is 4. The van der Waals surface area contributed by atoms with E-state index < -0.39 is 0 Å². The lowest BCUT2D eigenvalue weighted by atomic mass is 10.2. The molecule has 2 aromatic carbocycles. The SMILES string of the molecule is CN=C(NCc1coc(-c2ccccc2)n1)NCC1CCCN1Cc1ccccc1. The Balaban J connectivity index is 1.26. The number of benzene rings is 2. The summed E-state index contributed by atoms with van der Waals surface area (Å²) in [7, 11) is 1.80. The van der Waals surface area contributed by atoms with Crippen LogP contribution in [0.5, 0.6) is 0 Å². The van der Waals surface area contributed by atoms with Gasteiger partial charge in [0.05, 0.1) is 12.2 Å². The number of nitrogens with one attached hydrogen (secondary N) is 2. The summed E-state index contributed by atoms with van der Waals surface area (Å²) in [5.74, 6) is 1.42. The molecule has 1 fully saturated rings. The van der Waals surface area contributed by atoms with Crippen LogP contribution in [0.1, 0.15) is 24.1 Å². The molecule has 1 aliphatic rings. The molecule has 0 amide bonds. The van der Waals surface area contributed by atoms with Gasteiger partial charge in [-0.2, -0.15) is 0 Å². The van der Waals surface area contributed by atoms with E-state index in [9.17, 15) is 0 Å². The highest BCUT2D eigenvalue weighted by Gasteiger charge is 2.24. The third-order valence-electron chi connectivity index (χ3n) is 5.47. The van der Waals surface area contributed by atoms with Gasteiger partial charge in [0.15, 0.2) is 5.96 Å². The predicted octanol–water partition coefficient (Wildman–Crippen LogP) is 3.67. The van der Waals surface area contributed by atoms with E-state index in [1.165, 1.54) is 18.4 Å². The predicted molar refractivity (Wildman–Crippen MR) is 120 cm³/mol. The van der Waals surface area contributed by atoms with Crippen molar-refractivity contribution in [3.63, 3.8) is 0 Å². The smallest absolute Gasteiger partial charge is 0.226 e. The van der Waals surface area contributed by atoms with Crippen molar-refractivity contribution >= 4 is 5.96 Å². The summed E-state index contributed by atoms with van der Waals surface area (Å²) in [6.45, 7) is 3.59. The van der Waals surface area contributed by atoms with E-state index in [1.54, 1.807) is 13.3 Å². The molecule has 6 nitrogen and oxygen atoms in total. The van der Waals surface area contributed by atoms with Crippen molar-refractivity contribution in [3.05, 3.63) is 78.2 Å². The van der Waals surface area contributed by atoms with E-state index >= 15 is 0 Å². The van der Waals surface area contributed by atoms with Gasteiger partial charge >= 0.3 is 0 Å². The quantitative estimate of drug-likeness (QED) is 0.465. The van der Waals surface area contributed by atoms with Gasteiger partial charge in [0.2, 0.25) is 5.89 Å². The Bertz CT molecular complexity index is 938. The largest absolute Gasteiger partial charge is 0.444 e. The van der Waals surface area contributed by atoms with Gasteiger partial charge in [0.1, 0.15) is 6.26 Å². The zero-order chi connectivity index (χ0) is 20.6. The summed E-state index contributed by atoms with van der Waals surface area (Å²) >= 11 is 0. The zero-order valence-electron chi connectivity index (χ0n) is 17.4. The molecular weight excluding hydrogens is 374 g/mol. The van der Waals surface area contributed by atoms with Crippen molar-refractivity contribution in [3.8, 4) is 11.5 Å². The Morgan fingerprint density at radius 2 is 1.87 bits per heavy atom. The second-order valence-corrected chi connectivity index (χ2v) is 7.57. The number of aromatic nitrogens is 1. The minimum Gasteiger partial charge on any atom is -0.444 e. The van der Waals surface area contributed by atoms with Crippen LogP contribution in [0.4, 0.5) is 0 Å². The van der Waals surface area contributed by atoms with Crippen LogP contribution in [-0.4, -0.2) is 42.0 Å².